The fourth-order valence-electron chi connectivity index (χ4n) is 2.41. The number of anilines is 1. The van der Waals surface area contributed by atoms with Crippen LogP contribution in [0, 0.1) is 10.1 Å². The molecule has 25 heavy (non-hydrogen) atoms. The average Bonchev–Trinajstić information content (AvgIpc) is 3.02. The minimum Gasteiger partial charge on any atom is -0.490 e. The van der Waals surface area contributed by atoms with Gasteiger partial charge < -0.3 is 4.74 Å². The normalized spacial score (nSPS) is 12.6. The van der Waals surface area contributed by atoms with Crippen molar-refractivity contribution in [2.45, 2.75) is 37.5 Å². The standard InChI is InChI=1S/C15H20N4O5S/c1-4-5-10(2)12-9-15(17-16-12)18-25(22,23)11-6-7-14(24-3)13(8-11)19(20)21/h6-10H,4-5H2,1-3H3,(H2,16,17,18). The fraction of sp³-hybridized carbons (Fsp3) is 0.400. The van der Waals surface area contributed by atoms with E-state index in [-0.39, 0.29) is 22.4 Å². The number of benzene rings is 1. The summed E-state index contributed by atoms with van der Waals surface area (Å²) in [4.78, 5) is 10.1. The van der Waals surface area contributed by atoms with Crippen LogP contribution in [0.3, 0.4) is 0 Å². The van der Waals surface area contributed by atoms with Crippen LogP contribution in [0.4, 0.5) is 11.5 Å². The predicted molar refractivity (Wildman–Crippen MR) is 92.4 cm³/mol. The summed E-state index contributed by atoms with van der Waals surface area (Å²) in [7, 11) is -2.74. The number of sulfonamides is 1. The Morgan fingerprint density at radius 1 is 1.40 bits per heavy atom. The van der Waals surface area contributed by atoms with Crippen molar-refractivity contribution in [3.63, 3.8) is 0 Å². The van der Waals surface area contributed by atoms with Gasteiger partial charge in [0.1, 0.15) is 0 Å². The summed E-state index contributed by atoms with van der Waals surface area (Å²) < 4.78 is 32.1. The summed E-state index contributed by atoms with van der Waals surface area (Å²) in [6, 6.07) is 5.05. The van der Waals surface area contributed by atoms with E-state index in [1.54, 1.807) is 6.07 Å². The first-order valence-electron chi connectivity index (χ1n) is 7.69. The zero-order valence-corrected chi connectivity index (χ0v) is 15.0. The summed E-state index contributed by atoms with van der Waals surface area (Å²) in [5.41, 5.74) is 0.393. The van der Waals surface area contributed by atoms with E-state index < -0.39 is 20.6 Å². The lowest BCUT2D eigenvalue weighted by molar-refractivity contribution is -0.386. The van der Waals surface area contributed by atoms with E-state index in [4.69, 9.17) is 4.74 Å². The third-order valence-corrected chi connectivity index (χ3v) is 5.10. The van der Waals surface area contributed by atoms with Crippen molar-refractivity contribution >= 4 is 21.5 Å². The lowest BCUT2D eigenvalue weighted by atomic mass is 10.0. The third kappa shape index (κ3) is 4.27. The molecule has 1 atom stereocenters. The molecule has 0 spiro atoms. The highest BCUT2D eigenvalue weighted by Gasteiger charge is 2.23. The van der Waals surface area contributed by atoms with Gasteiger partial charge >= 0.3 is 5.69 Å². The molecule has 0 fully saturated rings. The third-order valence-electron chi connectivity index (χ3n) is 3.75. The Morgan fingerprint density at radius 2 is 2.12 bits per heavy atom. The Labute approximate surface area is 145 Å². The van der Waals surface area contributed by atoms with Gasteiger partial charge in [-0.15, -0.1) is 0 Å². The highest BCUT2D eigenvalue weighted by atomic mass is 32.2. The van der Waals surface area contributed by atoms with Crippen LogP contribution in [0.5, 0.6) is 5.75 Å². The van der Waals surface area contributed by atoms with E-state index in [2.05, 4.69) is 21.8 Å². The number of nitro benzene ring substituents is 1. The van der Waals surface area contributed by atoms with Crippen molar-refractivity contribution in [3.05, 3.63) is 40.1 Å². The van der Waals surface area contributed by atoms with Gasteiger partial charge in [-0.05, 0) is 24.5 Å². The van der Waals surface area contributed by atoms with Gasteiger partial charge in [-0.25, -0.2) is 8.42 Å². The van der Waals surface area contributed by atoms with Gasteiger partial charge in [0, 0.05) is 17.8 Å². The van der Waals surface area contributed by atoms with Gasteiger partial charge in [-0.2, -0.15) is 5.10 Å². The number of nitro groups is 1. The molecule has 2 aromatic rings. The van der Waals surface area contributed by atoms with Gasteiger partial charge in [0.15, 0.2) is 11.6 Å². The largest absolute Gasteiger partial charge is 0.490 e. The molecule has 0 radical (unpaired) electrons. The molecule has 1 aromatic heterocycles. The average molecular weight is 368 g/mol. The minimum absolute atomic E-state index is 0.0144. The number of aromatic amines is 1. The Bertz CT molecular complexity index is 863. The number of hydrogen-bond donors (Lipinski definition) is 2. The lowest BCUT2D eigenvalue weighted by Crippen LogP contribution is -2.13. The van der Waals surface area contributed by atoms with Gasteiger partial charge in [0.2, 0.25) is 0 Å². The Hall–Kier alpha value is -2.62. The molecule has 0 amide bonds. The SMILES string of the molecule is CCCC(C)c1cc(NS(=O)(=O)c2ccc(OC)c([N+](=O)[O-])c2)n[nH]1. The Balaban J connectivity index is 2.28. The minimum atomic E-state index is -4.01. The fourth-order valence-corrected chi connectivity index (χ4v) is 3.42. The van der Waals surface area contributed by atoms with Crippen molar-refractivity contribution in [2.24, 2.45) is 0 Å². The molecule has 0 aliphatic rings. The molecule has 0 saturated carbocycles. The highest BCUT2D eigenvalue weighted by Crippen LogP contribution is 2.30. The maximum Gasteiger partial charge on any atom is 0.312 e. The number of nitrogens with zero attached hydrogens (tertiary/aromatic N) is 2. The van der Waals surface area contributed by atoms with Crippen LogP contribution in [0.1, 0.15) is 38.3 Å². The van der Waals surface area contributed by atoms with E-state index in [0.29, 0.717) is 0 Å². The Morgan fingerprint density at radius 3 is 2.72 bits per heavy atom. The van der Waals surface area contributed by atoms with Crippen LogP contribution < -0.4 is 9.46 Å². The summed E-state index contributed by atoms with van der Waals surface area (Å²) in [5.74, 6) is 0.341. The van der Waals surface area contributed by atoms with Crippen molar-refractivity contribution < 1.29 is 18.1 Å². The van der Waals surface area contributed by atoms with E-state index in [0.717, 1.165) is 24.6 Å². The molecule has 2 rings (SSSR count). The summed E-state index contributed by atoms with van der Waals surface area (Å²) in [6.45, 7) is 4.08. The number of nitrogens with one attached hydrogen (secondary N) is 2. The van der Waals surface area contributed by atoms with Gasteiger partial charge in [0.05, 0.1) is 16.9 Å². The van der Waals surface area contributed by atoms with Crippen molar-refractivity contribution in [2.75, 3.05) is 11.8 Å². The predicted octanol–water partition coefficient (Wildman–Crippen LogP) is 3.03. The second-order valence-corrected chi connectivity index (χ2v) is 7.28. The molecule has 0 aliphatic heterocycles. The molecule has 1 unspecified atom stereocenters. The maximum absolute atomic E-state index is 12.5. The number of hydrogen-bond acceptors (Lipinski definition) is 6. The van der Waals surface area contributed by atoms with Crippen LogP contribution in [0.15, 0.2) is 29.2 Å². The van der Waals surface area contributed by atoms with Gasteiger partial charge in [-0.1, -0.05) is 20.3 Å². The summed E-state index contributed by atoms with van der Waals surface area (Å²) in [6.07, 6.45) is 1.94. The number of methoxy groups -OCH3 is 1. The molecule has 1 heterocycles. The van der Waals surface area contributed by atoms with E-state index in [9.17, 15) is 18.5 Å². The van der Waals surface area contributed by atoms with Crippen molar-refractivity contribution in [1.82, 2.24) is 10.2 Å². The maximum atomic E-state index is 12.5. The van der Waals surface area contributed by atoms with Crippen molar-refractivity contribution in [3.8, 4) is 5.75 Å². The van der Waals surface area contributed by atoms with Crippen LogP contribution in [0.25, 0.3) is 0 Å². The molecular weight excluding hydrogens is 348 g/mol. The van der Waals surface area contributed by atoms with Crippen LogP contribution >= 0.6 is 0 Å². The molecule has 10 heteroatoms. The molecule has 2 N–H and O–H groups in total. The van der Waals surface area contributed by atoms with Gasteiger partial charge in [-0.3, -0.25) is 19.9 Å². The highest BCUT2D eigenvalue weighted by molar-refractivity contribution is 7.92. The smallest absolute Gasteiger partial charge is 0.312 e. The lowest BCUT2D eigenvalue weighted by Gasteiger charge is -2.07. The van der Waals surface area contributed by atoms with Crippen LogP contribution in [-0.4, -0.2) is 30.6 Å². The first-order valence-corrected chi connectivity index (χ1v) is 9.17. The molecule has 9 nitrogen and oxygen atoms in total. The number of ether oxygens (including phenoxy) is 1. The molecule has 0 aliphatic carbocycles. The molecule has 136 valence electrons. The Kier molecular flexibility index (Phi) is 5.62. The van der Waals surface area contributed by atoms with Crippen LogP contribution in [0.2, 0.25) is 0 Å². The molecular formula is C15H20N4O5S. The second-order valence-electron chi connectivity index (χ2n) is 5.59. The molecule has 0 bridgehead atoms. The van der Waals surface area contributed by atoms with Crippen molar-refractivity contribution in [1.29, 1.82) is 0 Å². The first-order chi connectivity index (χ1) is 11.8. The second kappa shape index (κ2) is 7.51. The zero-order valence-electron chi connectivity index (χ0n) is 14.1. The first kappa shape index (κ1) is 18.7. The monoisotopic (exact) mass is 368 g/mol. The van der Waals surface area contributed by atoms with E-state index in [1.165, 1.54) is 19.2 Å². The molecule has 0 saturated heterocycles. The van der Waals surface area contributed by atoms with E-state index in [1.807, 2.05) is 6.92 Å². The number of H-pyrrole nitrogens is 1. The van der Waals surface area contributed by atoms with Crippen LogP contribution in [-0.2, 0) is 10.0 Å². The quantitative estimate of drug-likeness (QED) is 0.544. The number of aromatic nitrogens is 2. The summed E-state index contributed by atoms with van der Waals surface area (Å²) in [5, 5.41) is 17.8. The zero-order chi connectivity index (χ0) is 18.6. The topological polar surface area (TPSA) is 127 Å². The summed E-state index contributed by atoms with van der Waals surface area (Å²) >= 11 is 0. The van der Waals surface area contributed by atoms with Gasteiger partial charge in [0.25, 0.3) is 10.0 Å². The molecule has 1 aromatic carbocycles. The number of rotatable bonds is 8. The van der Waals surface area contributed by atoms with E-state index >= 15 is 0 Å².